The highest BCUT2D eigenvalue weighted by atomic mass is 32.2. The second-order valence-corrected chi connectivity index (χ2v) is 3.40. The summed E-state index contributed by atoms with van der Waals surface area (Å²) >= 11 is 1.64. The molecule has 0 aromatic heterocycles. The Morgan fingerprint density at radius 3 is 2.69 bits per heavy atom. The molecule has 0 fully saturated rings. The van der Waals surface area contributed by atoms with Crippen molar-refractivity contribution in [3.05, 3.63) is 29.8 Å². The van der Waals surface area contributed by atoms with Crippen molar-refractivity contribution < 1.29 is 13.5 Å². The van der Waals surface area contributed by atoms with Crippen molar-refractivity contribution in [3.63, 3.8) is 0 Å². The van der Waals surface area contributed by atoms with Gasteiger partial charge in [0.1, 0.15) is 5.75 Å². The molecule has 1 aromatic carbocycles. The van der Waals surface area contributed by atoms with Crippen molar-refractivity contribution in [1.82, 2.24) is 0 Å². The second kappa shape index (κ2) is 5.07. The molecule has 1 nitrogen and oxygen atoms in total. The zero-order valence-electron chi connectivity index (χ0n) is 7.22. The van der Waals surface area contributed by atoms with E-state index in [4.69, 9.17) is 4.74 Å². The van der Waals surface area contributed by atoms with Crippen LogP contribution in [0.4, 0.5) is 8.78 Å². The Hall–Kier alpha value is -0.770. The topological polar surface area (TPSA) is 9.23 Å². The fraction of sp³-hybridized carbons (Fsp3) is 0.333. The molecule has 13 heavy (non-hydrogen) atoms. The van der Waals surface area contributed by atoms with Gasteiger partial charge in [-0.05, 0) is 18.4 Å². The highest BCUT2D eigenvalue weighted by Crippen LogP contribution is 2.15. The Kier molecular flexibility index (Phi) is 4.02. The molecule has 0 saturated heterocycles. The first-order chi connectivity index (χ1) is 6.24. The molecule has 0 amide bonds. The summed E-state index contributed by atoms with van der Waals surface area (Å²) in [5.74, 6) is -0.522. The largest absolute Gasteiger partial charge is 0.493 e. The van der Waals surface area contributed by atoms with Crippen LogP contribution in [0, 0.1) is 11.6 Å². The van der Waals surface area contributed by atoms with E-state index < -0.39 is 11.6 Å². The number of thioether (sulfide) groups is 1. The van der Waals surface area contributed by atoms with Gasteiger partial charge in [-0.25, -0.2) is 8.78 Å². The first-order valence-electron chi connectivity index (χ1n) is 3.81. The maximum atomic E-state index is 12.6. The minimum Gasteiger partial charge on any atom is -0.493 e. The van der Waals surface area contributed by atoms with Crippen LogP contribution in [0.3, 0.4) is 0 Å². The van der Waals surface area contributed by atoms with E-state index in [9.17, 15) is 8.78 Å². The summed E-state index contributed by atoms with van der Waals surface area (Å²) < 4.78 is 30.2. The lowest BCUT2D eigenvalue weighted by atomic mass is 10.3. The summed E-state index contributed by atoms with van der Waals surface area (Å²) in [5.41, 5.74) is 0. The predicted molar refractivity (Wildman–Crippen MR) is 50.2 cm³/mol. The van der Waals surface area contributed by atoms with Crippen molar-refractivity contribution in [3.8, 4) is 5.75 Å². The van der Waals surface area contributed by atoms with Crippen molar-refractivity contribution in [2.24, 2.45) is 0 Å². The summed E-state index contributed by atoms with van der Waals surface area (Å²) in [4.78, 5) is 0. The van der Waals surface area contributed by atoms with Crippen LogP contribution in [0.1, 0.15) is 0 Å². The third-order valence-electron chi connectivity index (χ3n) is 1.45. The molecular formula is C9H10F2OS. The first-order valence-corrected chi connectivity index (χ1v) is 5.20. The van der Waals surface area contributed by atoms with Crippen LogP contribution in [-0.2, 0) is 0 Å². The number of benzene rings is 1. The number of hydrogen-bond acceptors (Lipinski definition) is 2. The molecule has 0 atom stereocenters. The van der Waals surface area contributed by atoms with E-state index in [1.807, 2.05) is 6.26 Å². The Balaban J connectivity index is 2.53. The molecule has 1 rings (SSSR count). The summed E-state index contributed by atoms with van der Waals surface area (Å²) in [6.07, 6.45) is 1.95. The minimum absolute atomic E-state index is 0.368. The van der Waals surface area contributed by atoms with Gasteiger partial charge in [0.25, 0.3) is 0 Å². The van der Waals surface area contributed by atoms with Crippen LogP contribution in [0.15, 0.2) is 18.2 Å². The predicted octanol–water partition coefficient (Wildman–Crippen LogP) is 2.71. The van der Waals surface area contributed by atoms with Gasteiger partial charge in [-0.2, -0.15) is 11.8 Å². The number of ether oxygens (including phenoxy) is 1. The van der Waals surface area contributed by atoms with Crippen molar-refractivity contribution in [1.29, 1.82) is 0 Å². The fourth-order valence-electron chi connectivity index (χ4n) is 0.809. The normalized spacial score (nSPS) is 10.1. The Morgan fingerprint density at radius 1 is 1.31 bits per heavy atom. The molecule has 0 bridgehead atoms. The van der Waals surface area contributed by atoms with E-state index >= 15 is 0 Å². The van der Waals surface area contributed by atoms with Crippen molar-refractivity contribution in [2.45, 2.75) is 0 Å². The van der Waals surface area contributed by atoms with Crippen LogP contribution in [-0.4, -0.2) is 18.6 Å². The second-order valence-electron chi connectivity index (χ2n) is 2.42. The third kappa shape index (κ3) is 3.22. The van der Waals surface area contributed by atoms with E-state index in [-0.39, 0.29) is 0 Å². The van der Waals surface area contributed by atoms with Gasteiger partial charge < -0.3 is 4.74 Å². The molecule has 0 aliphatic heterocycles. The van der Waals surface area contributed by atoms with Gasteiger partial charge in [0.2, 0.25) is 0 Å². The molecule has 0 heterocycles. The Morgan fingerprint density at radius 2 is 2.08 bits per heavy atom. The summed E-state index contributed by atoms with van der Waals surface area (Å²) in [6, 6.07) is 3.53. The molecule has 4 heteroatoms. The molecular weight excluding hydrogens is 194 g/mol. The Labute approximate surface area is 80.1 Å². The average molecular weight is 204 g/mol. The molecule has 0 spiro atoms. The van der Waals surface area contributed by atoms with Gasteiger partial charge in [-0.15, -0.1) is 0 Å². The number of halogens is 2. The highest BCUT2D eigenvalue weighted by Gasteiger charge is 2.02. The van der Waals surface area contributed by atoms with E-state index in [0.717, 1.165) is 17.9 Å². The number of hydrogen-bond donors (Lipinski definition) is 0. The monoisotopic (exact) mass is 204 g/mol. The van der Waals surface area contributed by atoms with E-state index in [2.05, 4.69) is 0 Å². The molecule has 0 N–H and O–H groups in total. The molecule has 72 valence electrons. The smallest absolute Gasteiger partial charge is 0.162 e. The van der Waals surface area contributed by atoms with Gasteiger partial charge in [0.05, 0.1) is 6.61 Å². The van der Waals surface area contributed by atoms with Gasteiger partial charge in [0.15, 0.2) is 11.6 Å². The van der Waals surface area contributed by atoms with Crippen molar-refractivity contribution >= 4 is 11.8 Å². The van der Waals surface area contributed by atoms with Crippen LogP contribution >= 0.6 is 11.8 Å². The van der Waals surface area contributed by atoms with E-state index in [1.165, 1.54) is 6.07 Å². The fourth-order valence-corrected chi connectivity index (χ4v) is 1.06. The lowest BCUT2D eigenvalue weighted by Crippen LogP contribution is -2.00. The van der Waals surface area contributed by atoms with Gasteiger partial charge in [-0.3, -0.25) is 0 Å². The molecule has 0 radical (unpaired) electrons. The average Bonchev–Trinajstić information content (AvgIpc) is 2.12. The molecule has 0 aliphatic rings. The van der Waals surface area contributed by atoms with Crippen LogP contribution in [0.5, 0.6) is 5.75 Å². The molecule has 0 aliphatic carbocycles. The molecule has 1 aromatic rings. The summed E-state index contributed by atoms with van der Waals surface area (Å²) in [7, 11) is 0. The maximum Gasteiger partial charge on any atom is 0.162 e. The maximum absolute atomic E-state index is 12.6. The number of rotatable bonds is 4. The third-order valence-corrected chi connectivity index (χ3v) is 2.02. The van der Waals surface area contributed by atoms with Crippen molar-refractivity contribution in [2.75, 3.05) is 18.6 Å². The van der Waals surface area contributed by atoms with E-state index in [1.54, 1.807) is 11.8 Å². The lowest BCUT2D eigenvalue weighted by molar-refractivity contribution is 0.340. The van der Waals surface area contributed by atoms with Crippen LogP contribution < -0.4 is 4.74 Å². The van der Waals surface area contributed by atoms with Gasteiger partial charge in [0, 0.05) is 11.8 Å². The Bertz CT molecular complexity index is 278. The van der Waals surface area contributed by atoms with Gasteiger partial charge >= 0.3 is 0 Å². The van der Waals surface area contributed by atoms with Crippen LogP contribution in [0.25, 0.3) is 0 Å². The zero-order chi connectivity index (χ0) is 9.68. The summed E-state index contributed by atoms with van der Waals surface area (Å²) in [6.45, 7) is 0.506. The molecule has 0 unspecified atom stereocenters. The zero-order valence-corrected chi connectivity index (χ0v) is 8.04. The highest BCUT2D eigenvalue weighted by molar-refractivity contribution is 7.98. The quantitative estimate of drug-likeness (QED) is 0.697. The summed E-state index contributed by atoms with van der Waals surface area (Å²) in [5, 5.41) is 0. The van der Waals surface area contributed by atoms with Crippen LogP contribution in [0.2, 0.25) is 0 Å². The SMILES string of the molecule is CSCCOc1ccc(F)c(F)c1. The first kappa shape index (κ1) is 10.3. The van der Waals surface area contributed by atoms with E-state index in [0.29, 0.717) is 12.4 Å². The molecule has 0 saturated carbocycles. The minimum atomic E-state index is -0.873. The lowest BCUT2D eigenvalue weighted by Gasteiger charge is -2.04. The standard InChI is InChI=1S/C9H10F2OS/c1-13-5-4-12-7-2-3-8(10)9(11)6-7/h2-3,6H,4-5H2,1H3. The van der Waals surface area contributed by atoms with Gasteiger partial charge in [-0.1, -0.05) is 0 Å².